The lowest BCUT2D eigenvalue weighted by Crippen LogP contribution is -2.50. The van der Waals surface area contributed by atoms with Gasteiger partial charge in [0.1, 0.15) is 17.3 Å². The SMILES string of the molecule is Cc1nn(-c2ccccc2)c2c1[P@@](=Nc1c(Cl)cccc1Cl)(N1C[C@@H](C)O[C@@H](C)C1)N(C)C(c1ccccc1F)=N2. The van der Waals surface area contributed by atoms with Gasteiger partial charge in [0.05, 0.1) is 44.5 Å². The zero-order valence-electron chi connectivity index (χ0n) is 23.2. The van der Waals surface area contributed by atoms with Crippen LogP contribution in [0.4, 0.5) is 15.9 Å². The number of fused-ring (bicyclic) bond motifs is 1. The number of benzene rings is 3. The summed E-state index contributed by atoms with van der Waals surface area (Å²) in [5.41, 5.74) is 2.48. The van der Waals surface area contributed by atoms with E-state index in [1.54, 1.807) is 30.3 Å². The molecule has 1 fully saturated rings. The van der Waals surface area contributed by atoms with Crippen molar-refractivity contribution in [2.45, 2.75) is 33.0 Å². The molecule has 6 rings (SSSR count). The zero-order valence-corrected chi connectivity index (χ0v) is 25.6. The maximum atomic E-state index is 15.5. The van der Waals surface area contributed by atoms with Gasteiger partial charge in [-0.2, -0.15) is 5.10 Å². The number of hydrogen-bond acceptors (Lipinski definition) is 4. The third kappa shape index (κ3) is 4.82. The minimum absolute atomic E-state index is 0.0651. The van der Waals surface area contributed by atoms with Crippen molar-refractivity contribution in [2.75, 3.05) is 20.1 Å². The van der Waals surface area contributed by atoms with Crippen LogP contribution in [0, 0.1) is 12.7 Å². The summed E-state index contributed by atoms with van der Waals surface area (Å²) in [6.07, 6.45) is -0.130. The third-order valence-electron chi connectivity index (χ3n) is 7.33. The van der Waals surface area contributed by atoms with Crippen LogP contribution in [0.15, 0.2) is 82.5 Å². The first kappa shape index (κ1) is 28.1. The average Bonchev–Trinajstić information content (AvgIpc) is 3.28. The Morgan fingerprint density at radius 3 is 2.22 bits per heavy atom. The molecule has 0 aliphatic carbocycles. The molecule has 0 spiro atoms. The number of ether oxygens (including phenoxy) is 1. The Bertz CT molecular complexity index is 1680. The molecule has 3 heterocycles. The summed E-state index contributed by atoms with van der Waals surface area (Å²) in [6.45, 7) is 7.26. The first-order valence-corrected chi connectivity index (χ1v) is 15.8. The molecule has 0 saturated carbocycles. The van der Waals surface area contributed by atoms with Gasteiger partial charge in [0.15, 0.2) is 13.2 Å². The lowest BCUT2D eigenvalue weighted by Gasteiger charge is -2.49. The second kappa shape index (κ2) is 11.0. The average molecular weight is 611 g/mol. The van der Waals surface area contributed by atoms with Crippen molar-refractivity contribution in [3.8, 4) is 5.69 Å². The fourth-order valence-corrected chi connectivity index (χ4v) is 10.3. The van der Waals surface area contributed by atoms with Crippen LogP contribution >= 0.6 is 30.6 Å². The molecule has 3 aromatic carbocycles. The smallest absolute Gasteiger partial charge is 0.170 e. The van der Waals surface area contributed by atoms with Gasteiger partial charge in [0.25, 0.3) is 0 Å². The van der Waals surface area contributed by atoms with Crippen LogP contribution in [-0.4, -0.2) is 57.3 Å². The van der Waals surface area contributed by atoms with Crippen molar-refractivity contribution >= 4 is 53.2 Å². The molecule has 7 nitrogen and oxygen atoms in total. The highest BCUT2D eigenvalue weighted by atomic mass is 35.5. The van der Waals surface area contributed by atoms with Crippen LogP contribution in [0.5, 0.6) is 0 Å². The van der Waals surface area contributed by atoms with Crippen LogP contribution in [0.3, 0.4) is 0 Å². The van der Waals surface area contributed by atoms with Crippen molar-refractivity contribution in [3.05, 3.63) is 99.9 Å². The largest absolute Gasteiger partial charge is 0.373 e. The van der Waals surface area contributed by atoms with Gasteiger partial charge in [-0.1, -0.05) is 59.6 Å². The molecule has 3 atom stereocenters. The molecule has 41 heavy (non-hydrogen) atoms. The van der Waals surface area contributed by atoms with Gasteiger partial charge < -0.3 is 9.41 Å². The number of aryl methyl sites for hydroxylation is 1. The number of rotatable bonds is 4. The van der Waals surface area contributed by atoms with E-state index in [0.29, 0.717) is 46.0 Å². The normalized spacial score (nSPS) is 22.8. The lowest BCUT2D eigenvalue weighted by molar-refractivity contribution is -0.0442. The number of nitrogens with zero attached hydrogens (tertiary/aromatic N) is 6. The summed E-state index contributed by atoms with van der Waals surface area (Å²) >= 11 is 13.5. The Balaban J connectivity index is 1.76. The van der Waals surface area contributed by atoms with Crippen molar-refractivity contribution in [1.82, 2.24) is 19.1 Å². The molecule has 2 aliphatic heterocycles. The van der Waals surface area contributed by atoms with E-state index in [1.165, 1.54) is 6.07 Å². The molecule has 4 aromatic rings. The predicted molar refractivity (Wildman–Crippen MR) is 165 cm³/mol. The fourth-order valence-electron chi connectivity index (χ4n) is 5.65. The molecule has 11 heteroatoms. The Morgan fingerprint density at radius 1 is 0.927 bits per heavy atom. The van der Waals surface area contributed by atoms with Crippen LogP contribution in [-0.2, 0) is 4.74 Å². The molecule has 0 amide bonds. The monoisotopic (exact) mass is 610 g/mol. The van der Waals surface area contributed by atoms with Gasteiger partial charge in [-0.15, -0.1) is 0 Å². The first-order valence-electron chi connectivity index (χ1n) is 13.4. The number of para-hydroxylation sites is 1. The minimum Gasteiger partial charge on any atom is -0.373 e. The Morgan fingerprint density at radius 2 is 1.56 bits per heavy atom. The zero-order chi connectivity index (χ0) is 28.9. The van der Waals surface area contributed by atoms with Gasteiger partial charge in [0, 0.05) is 20.1 Å². The van der Waals surface area contributed by atoms with Crippen LogP contribution in [0.2, 0.25) is 10.0 Å². The van der Waals surface area contributed by atoms with Crippen molar-refractivity contribution < 1.29 is 9.13 Å². The lowest BCUT2D eigenvalue weighted by atomic mass is 10.2. The Labute approximate surface area is 249 Å². The summed E-state index contributed by atoms with van der Waals surface area (Å²) in [5, 5.41) is 6.74. The van der Waals surface area contributed by atoms with E-state index in [1.807, 2.05) is 59.7 Å². The highest BCUT2D eigenvalue weighted by Crippen LogP contribution is 2.63. The van der Waals surface area contributed by atoms with Crippen molar-refractivity contribution in [3.63, 3.8) is 0 Å². The van der Waals surface area contributed by atoms with Crippen molar-refractivity contribution in [1.29, 1.82) is 0 Å². The number of hydrogen-bond donors (Lipinski definition) is 0. The van der Waals surface area contributed by atoms with Gasteiger partial charge in [-0.25, -0.2) is 23.5 Å². The summed E-state index contributed by atoms with van der Waals surface area (Å²) in [5.74, 6) is 0.693. The van der Waals surface area contributed by atoms with Gasteiger partial charge >= 0.3 is 0 Å². The minimum atomic E-state index is -3.01. The first-order chi connectivity index (χ1) is 19.7. The van der Waals surface area contributed by atoms with E-state index >= 15 is 4.39 Å². The molecular weight excluding hydrogens is 581 g/mol. The highest BCUT2D eigenvalue weighted by molar-refractivity contribution is 7.70. The predicted octanol–water partition coefficient (Wildman–Crippen LogP) is 7.75. The molecule has 2 aliphatic rings. The van der Waals surface area contributed by atoms with Gasteiger partial charge in [-0.3, -0.25) is 0 Å². The summed E-state index contributed by atoms with van der Waals surface area (Å²) in [4.78, 5) is 5.12. The maximum Gasteiger partial charge on any atom is 0.170 e. The third-order valence-corrected chi connectivity index (χ3v) is 11.7. The summed E-state index contributed by atoms with van der Waals surface area (Å²) in [6, 6.07) is 21.9. The van der Waals surface area contributed by atoms with E-state index in [2.05, 4.69) is 18.5 Å². The summed E-state index contributed by atoms with van der Waals surface area (Å²) in [7, 11) is -1.08. The van der Waals surface area contributed by atoms with E-state index in [9.17, 15) is 0 Å². The molecule has 1 aromatic heterocycles. The molecule has 0 N–H and O–H groups in total. The van der Waals surface area contributed by atoms with Crippen molar-refractivity contribution in [2.24, 2.45) is 9.74 Å². The molecule has 0 unspecified atom stereocenters. The van der Waals surface area contributed by atoms with E-state index in [-0.39, 0.29) is 18.0 Å². The Hall–Kier alpha value is -3.00. The van der Waals surface area contributed by atoms with Gasteiger partial charge in [-0.05, 0) is 57.2 Å². The molecular formula is C30H30Cl2FN6OP. The van der Waals surface area contributed by atoms with Crippen LogP contribution in [0.25, 0.3) is 5.69 Å². The van der Waals surface area contributed by atoms with Crippen LogP contribution < -0.4 is 5.30 Å². The van der Waals surface area contributed by atoms with E-state index in [0.717, 1.165) is 16.7 Å². The fraction of sp³-hybridized carbons (Fsp3) is 0.267. The molecule has 0 bridgehead atoms. The second-order valence-electron chi connectivity index (χ2n) is 10.3. The Kier molecular flexibility index (Phi) is 7.55. The number of aliphatic imine (C=N–C) groups is 1. The molecule has 212 valence electrons. The number of amidine groups is 1. The molecule has 1 saturated heterocycles. The summed E-state index contributed by atoms with van der Waals surface area (Å²) < 4.78 is 33.4. The molecule has 0 radical (unpaired) electrons. The van der Waals surface area contributed by atoms with Gasteiger partial charge in [0.2, 0.25) is 0 Å². The van der Waals surface area contributed by atoms with E-state index in [4.69, 9.17) is 42.8 Å². The highest BCUT2D eigenvalue weighted by Gasteiger charge is 2.47. The second-order valence-corrected chi connectivity index (χ2v) is 14.1. The standard InChI is InChI=1S/C30H30Cl2FN6OP/c1-19-17-38(18-20(2)40-19)41(36-27-24(31)14-10-15-25(27)32)28-21(3)35-39(22-11-6-5-7-12-22)30(28)34-29(37(41)4)23-13-8-9-16-26(23)33/h5-16,19-20H,17-18H2,1-4H3/t19-,20+,41-/m0/s1. The number of morpholine rings is 1. The van der Waals surface area contributed by atoms with E-state index < -0.39 is 7.36 Å². The number of halogens is 3. The quantitative estimate of drug-likeness (QED) is 0.222. The topological polar surface area (TPSA) is 58.3 Å². The van der Waals surface area contributed by atoms with Crippen LogP contribution in [0.1, 0.15) is 25.1 Å². The number of aromatic nitrogens is 2. The maximum absolute atomic E-state index is 15.5.